The van der Waals surface area contributed by atoms with Crippen LogP contribution in [0, 0.1) is 0 Å². The number of carbonyl (C=O) groups is 1. The van der Waals surface area contributed by atoms with E-state index in [-0.39, 0.29) is 5.91 Å². The average molecular weight is 237 g/mol. The minimum atomic E-state index is -0.0541. The van der Waals surface area contributed by atoms with Gasteiger partial charge in [0.15, 0.2) is 0 Å². The molecule has 1 aliphatic heterocycles. The lowest BCUT2D eigenvalue weighted by Gasteiger charge is -2.22. The molecule has 1 amide bonds. The summed E-state index contributed by atoms with van der Waals surface area (Å²) in [6.45, 7) is 0. The molecule has 1 saturated heterocycles. The predicted octanol–water partition coefficient (Wildman–Crippen LogP) is 1.29. The Morgan fingerprint density at radius 3 is 3.19 bits per heavy atom. The van der Waals surface area contributed by atoms with E-state index in [1.807, 2.05) is 11.8 Å². The van der Waals surface area contributed by atoms with Gasteiger partial charge in [0.25, 0.3) is 5.91 Å². The summed E-state index contributed by atoms with van der Waals surface area (Å²) in [7, 11) is 0. The van der Waals surface area contributed by atoms with Crippen LogP contribution in [0.15, 0.2) is 18.3 Å². The average Bonchev–Trinajstić information content (AvgIpc) is 2.30. The van der Waals surface area contributed by atoms with Crippen molar-refractivity contribution in [2.24, 2.45) is 0 Å². The highest BCUT2D eigenvalue weighted by atomic mass is 32.2. The molecule has 1 aliphatic rings. The number of carbonyl (C=O) groups excluding carboxylic acids is 1. The summed E-state index contributed by atoms with van der Waals surface area (Å²) in [5, 5.41) is 3.02. The molecule has 2 heterocycles. The van der Waals surface area contributed by atoms with Crippen molar-refractivity contribution in [1.29, 1.82) is 0 Å². The number of hydrogen-bond donors (Lipinski definition) is 2. The van der Waals surface area contributed by atoms with E-state index < -0.39 is 0 Å². The molecule has 0 bridgehead atoms. The zero-order valence-corrected chi connectivity index (χ0v) is 9.80. The van der Waals surface area contributed by atoms with Gasteiger partial charge in [-0.3, -0.25) is 4.79 Å². The Kier molecular flexibility index (Phi) is 3.66. The van der Waals surface area contributed by atoms with Crippen molar-refractivity contribution in [2.75, 3.05) is 17.2 Å². The van der Waals surface area contributed by atoms with Gasteiger partial charge in [-0.1, -0.05) is 0 Å². The third-order valence-corrected chi connectivity index (χ3v) is 3.75. The van der Waals surface area contributed by atoms with Crippen molar-refractivity contribution in [3.8, 4) is 0 Å². The number of thioether (sulfide) groups is 1. The third-order valence-electron chi connectivity index (χ3n) is 2.54. The minimum absolute atomic E-state index is 0.0541. The Morgan fingerprint density at radius 1 is 1.62 bits per heavy atom. The molecule has 1 aromatic heterocycles. The van der Waals surface area contributed by atoms with Gasteiger partial charge in [-0.05, 0) is 30.7 Å². The molecule has 1 atom stereocenters. The molecule has 0 aliphatic carbocycles. The highest BCUT2D eigenvalue weighted by molar-refractivity contribution is 7.99. The van der Waals surface area contributed by atoms with Crippen molar-refractivity contribution in [1.82, 2.24) is 10.3 Å². The van der Waals surface area contributed by atoms with Crippen LogP contribution < -0.4 is 11.1 Å². The number of nitrogen functional groups attached to an aromatic ring is 1. The first-order valence-corrected chi connectivity index (χ1v) is 6.51. The van der Waals surface area contributed by atoms with Crippen LogP contribution in [0.5, 0.6) is 0 Å². The number of hydrogen-bond acceptors (Lipinski definition) is 4. The SMILES string of the molecule is Nc1cc(C(=O)NC2CCCSC2)ccn1. The third kappa shape index (κ3) is 2.88. The maximum atomic E-state index is 11.9. The number of pyridine rings is 1. The van der Waals surface area contributed by atoms with Crippen molar-refractivity contribution >= 4 is 23.5 Å². The van der Waals surface area contributed by atoms with E-state index in [2.05, 4.69) is 10.3 Å². The van der Waals surface area contributed by atoms with Gasteiger partial charge in [0, 0.05) is 23.6 Å². The molecule has 0 spiro atoms. The summed E-state index contributed by atoms with van der Waals surface area (Å²) >= 11 is 1.89. The van der Waals surface area contributed by atoms with E-state index >= 15 is 0 Å². The van der Waals surface area contributed by atoms with Crippen LogP contribution in [-0.2, 0) is 0 Å². The Hall–Kier alpha value is -1.23. The molecule has 86 valence electrons. The maximum absolute atomic E-state index is 11.9. The first kappa shape index (κ1) is 11.3. The Labute approximate surface area is 99.0 Å². The van der Waals surface area contributed by atoms with Gasteiger partial charge < -0.3 is 11.1 Å². The summed E-state index contributed by atoms with van der Waals surface area (Å²) in [5.74, 6) is 2.54. The number of nitrogens with one attached hydrogen (secondary N) is 1. The van der Waals surface area contributed by atoms with Crippen LogP contribution in [0.25, 0.3) is 0 Å². The number of rotatable bonds is 2. The number of amides is 1. The highest BCUT2D eigenvalue weighted by Gasteiger charge is 2.16. The first-order chi connectivity index (χ1) is 7.75. The molecule has 0 saturated carbocycles. The fourth-order valence-corrected chi connectivity index (χ4v) is 2.78. The second kappa shape index (κ2) is 5.21. The van der Waals surface area contributed by atoms with Crippen molar-refractivity contribution in [2.45, 2.75) is 18.9 Å². The molecule has 2 rings (SSSR count). The normalized spacial score (nSPS) is 20.4. The van der Waals surface area contributed by atoms with E-state index in [0.717, 1.165) is 12.2 Å². The van der Waals surface area contributed by atoms with Crippen LogP contribution in [0.4, 0.5) is 5.82 Å². The second-order valence-electron chi connectivity index (χ2n) is 3.86. The monoisotopic (exact) mass is 237 g/mol. The van der Waals surface area contributed by atoms with E-state index in [9.17, 15) is 4.79 Å². The standard InChI is InChI=1S/C11H15N3OS/c12-10-6-8(3-4-13-10)11(15)14-9-2-1-5-16-7-9/h3-4,6,9H,1-2,5,7H2,(H2,12,13)(H,14,15). The molecule has 16 heavy (non-hydrogen) atoms. The summed E-state index contributed by atoms with van der Waals surface area (Å²) in [5.41, 5.74) is 6.12. The predicted molar refractivity (Wildman–Crippen MR) is 66.5 cm³/mol. The molecule has 0 aromatic carbocycles. The summed E-state index contributed by atoms with van der Waals surface area (Å²) in [6, 6.07) is 3.58. The molecule has 4 nitrogen and oxygen atoms in total. The van der Waals surface area contributed by atoms with E-state index in [0.29, 0.717) is 17.4 Å². The topological polar surface area (TPSA) is 68.0 Å². The maximum Gasteiger partial charge on any atom is 0.251 e. The van der Waals surface area contributed by atoms with Crippen molar-refractivity contribution < 1.29 is 4.79 Å². The fourth-order valence-electron chi connectivity index (χ4n) is 1.71. The molecule has 1 unspecified atom stereocenters. The van der Waals surface area contributed by atoms with Crippen LogP contribution in [0.2, 0.25) is 0 Å². The summed E-state index contributed by atoms with van der Waals surface area (Å²) in [4.78, 5) is 15.7. The minimum Gasteiger partial charge on any atom is -0.384 e. The van der Waals surface area contributed by atoms with Gasteiger partial charge in [0.05, 0.1) is 0 Å². The molecule has 1 aromatic rings. The largest absolute Gasteiger partial charge is 0.384 e. The van der Waals surface area contributed by atoms with E-state index in [4.69, 9.17) is 5.73 Å². The molecular formula is C11H15N3OS. The summed E-state index contributed by atoms with van der Waals surface area (Å²) in [6.07, 6.45) is 3.80. The number of anilines is 1. The first-order valence-electron chi connectivity index (χ1n) is 5.36. The van der Waals surface area contributed by atoms with Gasteiger partial charge in [-0.15, -0.1) is 0 Å². The van der Waals surface area contributed by atoms with Gasteiger partial charge in [0.2, 0.25) is 0 Å². The van der Waals surface area contributed by atoms with Crippen LogP contribution >= 0.6 is 11.8 Å². The molecule has 1 fully saturated rings. The molecule has 0 radical (unpaired) electrons. The van der Waals surface area contributed by atoms with Gasteiger partial charge in [0.1, 0.15) is 5.82 Å². The molecule has 5 heteroatoms. The smallest absolute Gasteiger partial charge is 0.251 e. The lowest BCUT2D eigenvalue weighted by atomic mass is 10.1. The lowest BCUT2D eigenvalue weighted by Crippen LogP contribution is -2.38. The Balaban J connectivity index is 1.97. The van der Waals surface area contributed by atoms with Crippen LogP contribution in [0.3, 0.4) is 0 Å². The lowest BCUT2D eigenvalue weighted by molar-refractivity contribution is 0.0938. The molecular weight excluding hydrogens is 222 g/mol. The van der Waals surface area contributed by atoms with Crippen molar-refractivity contribution in [3.05, 3.63) is 23.9 Å². The number of aromatic nitrogens is 1. The zero-order chi connectivity index (χ0) is 11.4. The fraction of sp³-hybridized carbons (Fsp3) is 0.455. The number of nitrogens with two attached hydrogens (primary N) is 1. The van der Waals surface area contributed by atoms with Crippen LogP contribution in [0.1, 0.15) is 23.2 Å². The van der Waals surface area contributed by atoms with E-state index in [1.165, 1.54) is 12.2 Å². The van der Waals surface area contributed by atoms with Gasteiger partial charge >= 0.3 is 0 Å². The van der Waals surface area contributed by atoms with Gasteiger partial charge in [-0.2, -0.15) is 11.8 Å². The Bertz CT molecular complexity index is 377. The quantitative estimate of drug-likeness (QED) is 0.813. The van der Waals surface area contributed by atoms with Gasteiger partial charge in [-0.25, -0.2) is 4.98 Å². The van der Waals surface area contributed by atoms with Crippen LogP contribution in [-0.4, -0.2) is 28.4 Å². The van der Waals surface area contributed by atoms with Crippen molar-refractivity contribution in [3.63, 3.8) is 0 Å². The Morgan fingerprint density at radius 2 is 2.50 bits per heavy atom. The second-order valence-corrected chi connectivity index (χ2v) is 5.01. The van der Waals surface area contributed by atoms with E-state index in [1.54, 1.807) is 18.3 Å². The number of nitrogens with zero attached hydrogens (tertiary/aromatic N) is 1. The summed E-state index contributed by atoms with van der Waals surface area (Å²) < 4.78 is 0. The zero-order valence-electron chi connectivity index (χ0n) is 8.98. The highest BCUT2D eigenvalue weighted by Crippen LogP contribution is 2.17. The molecule has 3 N–H and O–H groups in total.